The zero-order valence-corrected chi connectivity index (χ0v) is 4.15. The summed E-state index contributed by atoms with van der Waals surface area (Å²) in [4.78, 5) is 0. The summed E-state index contributed by atoms with van der Waals surface area (Å²) in [5.41, 5.74) is 0. The molecule has 0 aromatic rings. The standard InChI is InChI=1S/C5H11O/c1-3-5(2)4-6/h5-6H,2-4H2,1H3. The molecule has 0 saturated carbocycles. The Morgan fingerprint density at radius 2 is 2.33 bits per heavy atom. The minimum atomic E-state index is 0.219. The molecule has 1 heteroatoms. The van der Waals surface area contributed by atoms with E-state index in [1.807, 2.05) is 6.92 Å². The van der Waals surface area contributed by atoms with Gasteiger partial charge in [-0.25, -0.2) is 0 Å². The molecule has 0 spiro atoms. The Morgan fingerprint density at radius 3 is 2.33 bits per heavy atom. The van der Waals surface area contributed by atoms with E-state index in [1.54, 1.807) is 0 Å². The third-order valence-electron chi connectivity index (χ3n) is 0.836. The fraction of sp³-hybridized carbons (Fsp3) is 0.800. The molecule has 0 amide bonds. The summed E-state index contributed by atoms with van der Waals surface area (Å²) in [6.45, 7) is 5.85. The molecule has 1 atom stereocenters. The number of aliphatic hydroxyl groups excluding tert-OH is 1. The molecular weight excluding hydrogens is 76.1 g/mol. The van der Waals surface area contributed by atoms with Crippen molar-refractivity contribution in [2.45, 2.75) is 13.3 Å². The molecule has 1 nitrogen and oxygen atoms in total. The monoisotopic (exact) mass is 87.1 g/mol. The summed E-state index contributed by atoms with van der Waals surface area (Å²) < 4.78 is 0. The van der Waals surface area contributed by atoms with Crippen LogP contribution in [0.5, 0.6) is 0 Å². The Bertz CT molecular complexity index is 23.1. The molecule has 0 aromatic carbocycles. The lowest BCUT2D eigenvalue weighted by atomic mass is 10.1. The van der Waals surface area contributed by atoms with Crippen molar-refractivity contribution in [3.63, 3.8) is 0 Å². The quantitative estimate of drug-likeness (QED) is 0.529. The zero-order valence-electron chi connectivity index (χ0n) is 4.15. The molecule has 0 bridgehead atoms. The van der Waals surface area contributed by atoms with E-state index in [9.17, 15) is 0 Å². The Labute approximate surface area is 39.0 Å². The van der Waals surface area contributed by atoms with Gasteiger partial charge >= 0.3 is 0 Å². The van der Waals surface area contributed by atoms with Gasteiger partial charge < -0.3 is 5.11 Å². The molecule has 0 aliphatic heterocycles. The first-order valence-electron chi connectivity index (χ1n) is 2.25. The van der Waals surface area contributed by atoms with Crippen molar-refractivity contribution in [3.8, 4) is 0 Å². The first-order valence-corrected chi connectivity index (χ1v) is 2.25. The fourth-order valence-electron chi connectivity index (χ4n) is 0.129. The lowest BCUT2D eigenvalue weighted by molar-refractivity contribution is 0.248. The SMILES string of the molecule is [CH2]C(CC)CO. The zero-order chi connectivity index (χ0) is 4.99. The predicted octanol–water partition coefficient (Wildman–Crippen LogP) is 0.839. The van der Waals surface area contributed by atoms with Crippen molar-refractivity contribution in [1.82, 2.24) is 0 Å². The molecule has 0 aliphatic carbocycles. The first kappa shape index (κ1) is 5.96. The van der Waals surface area contributed by atoms with Gasteiger partial charge in [0, 0.05) is 6.61 Å². The molecule has 37 valence electrons. The van der Waals surface area contributed by atoms with Gasteiger partial charge in [0.2, 0.25) is 0 Å². The van der Waals surface area contributed by atoms with Crippen LogP contribution in [0.1, 0.15) is 13.3 Å². The Hall–Kier alpha value is -0.0400. The topological polar surface area (TPSA) is 20.2 Å². The van der Waals surface area contributed by atoms with Gasteiger partial charge in [-0.3, -0.25) is 0 Å². The predicted molar refractivity (Wildman–Crippen MR) is 26.2 cm³/mol. The van der Waals surface area contributed by atoms with Crippen molar-refractivity contribution in [2.24, 2.45) is 5.92 Å². The van der Waals surface area contributed by atoms with Gasteiger partial charge in [-0.1, -0.05) is 13.3 Å². The highest BCUT2D eigenvalue weighted by atomic mass is 16.3. The Balaban J connectivity index is 2.75. The van der Waals surface area contributed by atoms with E-state index in [4.69, 9.17) is 5.11 Å². The molecular formula is C5H11O. The van der Waals surface area contributed by atoms with Gasteiger partial charge in [0.15, 0.2) is 0 Å². The summed E-state index contributed by atoms with van der Waals surface area (Å²) in [6.07, 6.45) is 0.969. The lowest BCUT2D eigenvalue weighted by Gasteiger charge is -1.97. The number of hydrogen-bond acceptors (Lipinski definition) is 1. The van der Waals surface area contributed by atoms with Crippen LogP contribution < -0.4 is 0 Å². The van der Waals surface area contributed by atoms with Crippen LogP contribution in [0.25, 0.3) is 0 Å². The van der Waals surface area contributed by atoms with E-state index in [0.717, 1.165) is 6.42 Å². The van der Waals surface area contributed by atoms with E-state index < -0.39 is 0 Å². The van der Waals surface area contributed by atoms with Gasteiger partial charge in [-0.2, -0.15) is 0 Å². The highest BCUT2D eigenvalue weighted by Crippen LogP contribution is 1.94. The smallest absolute Gasteiger partial charge is 0.0459 e. The van der Waals surface area contributed by atoms with E-state index >= 15 is 0 Å². The van der Waals surface area contributed by atoms with E-state index in [1.165, 1.54) is 0 Å². The van der Waals surface area contributed by atoms with Crippen molar-refractivity contribution < 1.29 is 5.11 Å². The average Bonchev–Trinajstić information content (AvgIpc) is 1.65. The molecule has 0 saturated heterocycles. The molecule has 1 unspecified atom stereocenters. The van der Waals surface area contributed by atoms with Gasteiger partial charge in [0.25, 0.3) is 0 Å². The van der Waals surface area contributed by atoms with Gasteiger partial charge in [-0.05, 0) is 12.8 Å². The Morgan fingerprint density at radius 1 is 1.83 bits per heavy atom. The van der Waals surface area contributed by atoms with E-state index in [0.29, 0.717) is 0 Å². The third-order valence-corrected chi connectivity index (χ3v) is 0.836. The molecule has 1 radical (unpaired) electrons. The molecule has 0 aromatic heterocycles. The van der Waals surface area contributed by atoms with Gasteiger partial charge in [-0.15, -0.1) is 0 Å². The second-order valence-electron chi connectivity index (χ2n) is 1.46. The van der Waals surface area contributed by atoms with Gasteiger partial charge in [0.05, 0.1) is 0 Å². The highest BCUT2D eigenvalue weighted by Gasteiger charge is 1.90. The average molecular weight is 87.1 g/mol. The number of aliphatic hydroxyl groups is 1. The second-order valence-corrected chi connectivity index (χ2v) is 1.46. The summed E-state index contributed by atoms with van der Waals surface area (Å²) in [6, 6.07) is 0. The van der Waals surface area contributed by atoms with Crippen LogP contribution in [0.3, 0.4) is 0 Å². The number of rotatable bonds is 2. The minimum Gasteiger partial charge on any atom is -0.396 e. The van der Waals surface area contributed by atoms with Crippen LogP contribution in [0.15, 0.2) is 0 Å². The minimum absolute atomic E-state index is 0.219. The van der Waals surface area contributed by atoms with Crippen LogP contribution in [0.4, 0.5) is 0 Å². The van der Waals surface area contributed by atoms with Crippen LogP contribution in [0, 0.1) is 12.8 Å². The number of hydrogen-bond donors (Lipinski definition) is 1. The van der Waals surface area contributed by atoms with Crippen molar-refractivity contribution in [2.75, 3.05) is 6.61 Å². The lowest BCUT2D eigenvalue weighted by Crippen LogP contribution is -1.96. The molecule has 6 heavy (non-hydrogen) atoms. The first-order chi connectivity index (χ1) is 2.81. The fourth-order valence-corrected chi connectivity index (χ4v) is 0.129. The maximum Gasteiger partial charge on any atom is 0.0459 e. The van der Waals surface area contributed by atoms with Crippen LogP contribution in [-0.2, 0) is 0 Å². The summed E-state index contributed by atoms with van der Waals surface area (Å²) >= 11 is 0. The maximum atomic E-state index is 8.27. The van der Waals surface area contributed by atoms with Crippen LogP contribution >= 0.6 is 0 Å². The summed E-state index contributed by atoms with van der Waals surface area (Å²) in [7, 11) is 0. The van der Waals surface area contributed by atoms with Crippen LogP contribution in [0.2, 0.25) is 0 Å². The largest absolute Gasteiger partial charge is 0.396 e. The summed E-state index contributed by atoms with van der Waals surface area (Å²) in [5, 5.41) is 8.27. The molecule has 0 rings (SSSR count). The maximum absolute atomic E-state index is 8.27. The molecule has 1 N–H and O–H groups in total. The van der Waals surface area contributed by atoms with Crippen molar-refractivity contribution in [3.05, 3.63) is 6.92 Å². The van der Waals surface area contributed by atoms with E-state index in [2.05, 4.69) is 6.92 Å². The van der Waals surface area contributed by atoms with Crippen molar-refractivity contribution >= 4 is 0 Å². The molecule has 0 fully saturated rings. The van der Waals surface area contributed by atoms with Gasteiger partial charge in [0.1, 0.15) is 0 Å². The second kappa shape index (κ2) is 3.16. The summed E-state index contributed by atoms with van der Waals surface area (Å²) in [5.74, 6) is 0.241. The third kappa shape index (κ3) is 2.21. The van der Waals surface area contributed by atoms with Crippen LogP contribution in [-0.4, -0.2) is 11.7 Å². The highest BCUT2D eigenvalue weighted by molar-refractivity contribution is 4.53. The van der Waals surface area contributed by atoms with Crippen molar-refractivity contribution in [1.29, 1.82) is 0 Å². The Kier molecular flexibility index (Phi) is 3.14. The van der Waals surface area contributed by atoms with E-state index in [-0.39, 0.29) is 12.5 Å². The normalized spacial score (nSPS) is 14.5. The molecule has 0 aliphatic rings. The molecule has 0 heterocycles.